The first-order chi connectivity index (χ1) is 4.34. The Balaban J connectivity index is 0.000000810. The summed E-state index contributed by atoms with van der Waals surface area (Å²) in [4.78, 5) is 1.15. The van der Waals surface area contributed by atoms with Gasteiger partial charge in [0.25, 0.3) is 0 Å². The summed E-state index contributed by atoms with van der Waals surface area (Å²) in [5.41, 5.74) is 6.48. The third-order valence-corrected chi connectivity index (χ3v) is 1.95. The number of hydrogen-bond donors (Lipinski definition) is 1. The molecular formula is C7H11NS. The highest BCUT2D eigenvalue weighted by molar-refractivity contribution is 7.98. The van der Waals surface area contributed by atoms with Gasteiger partial charge < -0.3 is 5.73 Å². The van der Waals surface area contributed by atoms with Crippen LogP contribution in [0.25, 0.3) is 0 Å². The average molecular weight is 141 g/mol. The molecule has 0 radical (unpaired) electrons. The molecule has 0 spiro atoms. The molecule has 0 aliphatic heterocycles. The third-order valence-electron chi connectivity index (χ3n) is 1.14. The number of nitrogens with two attached hydrogens (primary N) is 1. The Bertz CT molecular complexity index is 203. The largest absolute Gasteiger partial charge is 0.398 e. The van der Waals surface area contributed by atoms with Crippen molar-refractivity contribution in [1.82, 2.24) is 0 Å². The van der Waals surface area contributed by atoms with Crippen molar-refractivity contribution in [2.45, 2.75) is 4.90 Å². The number of para-hydroxylation sites is 1. The highest BCUT2D eigenvalue weighted by Crippen LogP contribution is 2.20. The lowest BCUT2D eigenvalue weighted by atomic mass is 10.3. The SMILES string of the molecule is CSc1ccccc1N.[HH]. The topological polar surface area (TPSA) is 26.0 Å². The first kappa shape index (κ1) is 6.49. The summed E-state index contributed by atoms with van der Waals surface area (Å²) in [5, 5.41) is 0. The molecular weight excluding hydrogens is 130 g/mol. The molecule has 0 amide bonds. The van der Waals surface area contributed by atoms with Crippen LogP contribution in [0.1, 0.15) is 1.43 Å². The van der Waals surface area contributed by atoms with Gasteiger partial charge in [0.15, 0.2) is 0 Å². The smallest absolute Gasteiger partial charge is 0.0452 e. The minimum atomic E-state index is 0. The Labute approximate surface area is 60.7 Å². The molecule has 2 N–H and O–H groups in total. The van der Waals surface area contributed by atoms with Gasteiger partial charge in [-0.1, -0.05) is 12.1 Å². The second-order valence-corrected chi connectivity index (χ2v) is 2.59. The van der Waals surface area contributed by atoms with Crippen LogP contribution >= 0.6 is 11.8 Å². The molecule has 0 aliphatic carbocycles. The van der Waals surface area contributed by atoms with Crippen molar-refractivity contribution >= 4 is 17.4 Å². The molecule has 0 atom stereocenters. The Hall–Kier alpha value is -0.630. The molecule has 1 rings (SSSR count). The van der Waals surface area contributed by atoms with Crippen molar-refractivity contribution < 1.29 is 1.43 Å². The number of rotatable bonds is 1. The number of anilines is 1. The van der Waals surface area contributed by atoms with Crippen LogP contribution in [0.4, 0.5) is 5.69 Å². The summed E-state index contributed by atoms with van der Waals surface area (Å²) in [6.07, 6.45) is 2.02. The van der Waals surface area contributed by atoms with E-state index in [2.05, 4.69) is 0 Å². The van der Waals surface area contributed by atoms with Crippen molar-refractivity contribution in [3.8, 4) is 0 Å². The molecule has 0 aliphatic rings. The number of nitrogen functional groups attached to an aromatic ring is 1. The lowest BCUT2D eigenvalue weighted by Crippen LogP contribution is -1.85. The van der Waals surface area contributed by atoms with E-state index in [4.69, 9.17) is 5.73 Å². The van der Waals surface area contributed by atoms with Crippen LogP contribution in [0.3, 0.4) is 0 Å². The molecule has 1 aromatic rings. The van der Waals surface area contributed by atoms with E-state index in [1.807, 2.05) is 30.5 Å². The zero-order valence-electron chi connectivity index (χ0n) is 5.29. The van der Waals surface area contributed by atoms with Gasteiger partial charge in [-0.2, -0.15) is 0 Å². The molecule has 1 aromatic carbocycles. The van der Waals surface area contributed by atoms with Gasteiger partial charge in [0.1, 0.15) is 0 Å². The van der Waals surface area contributed by atoms with Gasteiger partial charge in [0.2, 0.25) is 0 Å². The second kappa shape index (κ2) is 2.78. The van der Waals surface area contributed by atoms with Crippen LogP contribution in [0.15, 0.2) is 29.2 Å². The minimum Gasteiger partial charge on any atom is -0.398 e. The van der Waals surface area contributed by atoms with Crippen molar-refractivity contribution in [2.24, 2.45) is 0 Å². The molecule has 0 aromatic heterocycles. The fourth-order valence-corrected chi connectivity index (χ4v) is 1.18. The summed E-state index contributed by atoms with van der Waals surface area (Å²) < 4.78 is 0. The number of benzene rings is 1. The molecule has 0 fully saturated rings. The normalized spacial score (nSPS) is 9.44. The fraction of sp³-hybridized carbons (Fsp3) is 0.143. The van der Waals surface area contributed by atoms with E-state index in [1.54, 1.807) is 11.8 Å². The predicted molar refractivity (Wildman–Crippen MR) is 44.7 cm³/mol. The molecule has 0 saturated heterocycles. The summed E-state index contributed by atoms with van der Waals surface area (Å²) >= 11 is 1.67. The van der Waals surface area contributed by atoms with E-state index in [0.29, 0.717) is 0 Å². The van der Waals surface area contributed by atoms with Crippen molar-refractivity contribution in [3.05, 3.63) is 24.3 Å². The van der Waals surface area contributed by atoms with Gasteiger partial charge in [-0.15, -0.1) is 11.8 Å². The first-order valence-corrected chi connectivity index (χ1v) is 3.95. The zero-order chi connectivity index (χ0) is 6.69. The van der Waals surface area contributed by atoms with Gasteiger partial charge in [-0.05, 0) is 18.4 Å². The van der Waals surface area contributed by atoms with Gasteiger partial charge in [0, 0.05) is 12.0 Å². The minimum absolute atomic E-state index is 0. The van der Waals surface area contributed by atoms with Crippen molar-refractivity contribution in [3.63, 3.8) is 0 Å². The number of hydrogen-bond acceptors (Lipinski definition) is 2. The van der Waals surface area contributed by atoms with Crippen LogP contribution in [0.2, 0.25) is 0 Å². The van der Waals surface area contributed by atoms with E-state index in [-0.39, 0.29) is 1.43 Å². The highest BCUT2D eigenvalue weighted by Gasteiger charge is 1.91. The maximum atomic E-state index is 5.61. The Morgan fingerprint density at radius 2 is 2.11 bits per heavy atom. The van der Waals surface area contributed by atoms with Gasteiger partial charge >= 0.3 is 0 Å². The maximum Gasteiger partial charge on any atom is 0.0452 e. The zero-order valence-corrected chi connectivity index (χ0v) is 6.11. The molecule has 0 saturated carbocycles. The summed E-state index contributed by atoms with van der Waals surface area (Å²) in [6.45, 7) is 0. The van der Waals surface area contributed by atoms with Crippen molar-refractivity contribution in [2.75, 3.05) is 12.0 Å². The summed E-state index contributed by atoms with van der Waals surface area (Å²) in [7, 11) is 0. The third kappa shape index (κ3) is 1.39. The van der Waals surface area contributed by atoms with Crippen LogP contribution in [0, 0.1) is 0 Å². The number of thioether (sulfide) groups is 1. The van der Waals surface area contributed by atoms with E-state index in [0.717, 1.165) is 10.6 Å². The molecule has 9 heavy (non-hydrogen) atoms. The van der Waals surface area contributed by atoms with E-state index in [9.17, 15) is 0 Å². The van der Waals surface area contributed by atoms with Gasteiger partial charge in [-0.3, -0.25) is 0 Å². The first-order valence-electron chi connectivity index (χ1n) is 2.73. The van der Waals surface area contributed by atoms with Crippen LogP contribution in [0.5, 0.6) is 0 Å². The van der Waals surface area contributed by atoms with Crippen LogP contribution < -0.4 is 5.73 Å². The Kier molecular flexibility index (Phi) is 2.01. The quantitative estimate of drug-likeness (QED) is 0.479. The van der Waals surface area contributed by atoms with E-state index < -0.39 is 0 Å². The summed E-state index contributed by atoms with van der Waals surface area (Å²) in [6, 6.07) is 7.85. The molecule has 50 valence electrons. The van der Waals surface area contributed by atoms with Gasteiger partial charge in [-0.25, -0.2) is 0 Å². The molecule has 0 bridgehead atoms. The monoisotopic (exact) mass is 141 g/mol. The molecule has 2 heteroatoms. The second-order valence-electron chi connectivity index (χ2n) is 1.74. The molecule has 1 nitrogen and oxygen atoms in total. The van der Waals surface area contributed by atoms with Crippen LogP contribution in [-0.4, -0.2) is 6.26 Å². The lowest BCUT2D eigenvalue weighted by Gasteiger charge is -1.97. The summed E-state index contributed by atoms with van der Waals surface area (Å²) in [5.74, 6) is 0. The predicted octanol–water partition coefficient (Wildman–Crippen LogP) is 2.24. The highest BCUT2D eigenvalue weighted by atomic mass is 32.2. The lowest BCUT2D eigenvalue weighted by molar-refractivity contribution is 1.47. The fourth-order valence-electron chi connectivity index (χ4n) is 0.666. The van der Waals surface area contributed by atoms with E-state index in [1.165, 1.54) is 0 Å². The standard InChI is InChI=1S/C7H9NS.H2/c1-9-7-5-3-2-4-6(7)8;/h2-5H,8H2,1H3;1H. The maximum absolute atomic E-state index is 5.61. The van der Waals surface area contributed by atoms with Crippen LogP contribution in [-0.2, 0) is 0 Å². The Morgan fingerprint density at radius 3 is 2.56 bits per heavy atom. The van der Waals surface area contributed by atoms with Crippen molar-refractivity contribution in [1.29, 1.82) is 0 Å². The average Bonchev–Trinajstić information content (AvgIpc) is 1.89. The molecule has 0 heterocycles. The Morgan fingerprint density at radius 1 is 1.44 bits per heavy atom. The van der Waals surface area contributed by atoms with Gasteiger partial charge in [0.05, 0.1) is 0 Å². The molecule has 0 unspecified atom stereocenters. The van der Waals surface area contributed by atoms with E-state index >= 15 is 0 Å².